The highest BCUT2D eigenvalue weighted by molar-refractivity contribution is 6.29. The van der Waals surface area contributed by atoms with Gasteiger partial charge in [0.05, 0.1) is 0 Å². The van der Waals surface area contributed by atoms with Gasteiger partial charge in [-0.3, -0.25) is 4.79 Å². The third-order valence-electron chi connectivity index (χ3n) is 2.64. The van der Waals surface area contributed by atoms with E-state index in [2.05, 4.69) is 18.8 Å². The van der Waals surface area contributed by atoms with E-state index in [9.17, 15) is 4.79 Å². The summed E-state index contributed by atoms with van der Waals surface area (Å²) in [7, 11) is 1.81. The van der Waals surface area contributed by atoms with Crippen LogP contribution in [0.2, 0.25) is 5.15 Å². The van der Waals surface area contributed by atoms with Crippen molar-refractivity contribution in [3.05, 3.63) is 28.5 Å². The summed E-state index contributed by atoms with van der Waals surface area (Å²) in [6, 6.07) is 3.46. The number of nitrogens with zero attached hydrogens (tertiary/aromatic N) is 2. The molecule has 1 amide bonds. The second kappa shape index (κ2) is 6.19. The van der Waals surface area contributed by atoms with Gasteiger partial charge in [0.2, 0.25) is 0 Å². The summed E-state index contributed by atoms with van der Waals surface area (Å²) in [5, 5.41) is 0.377. The fraction of sp³-hybridized carbons (Fsp3) is 0.571. The van der Waals surface area contributed by atoms with E-state index >= 15 is 0 Å². The molecule has 0 aliphatic carbocycles. The highest BCUT2D eigenvalue weighted by Gasteiger charge is 2.15. The standard InChI is InChI=1S/C14H21ClN2O/c1-9(2)8-17(5)14(18)11-6-12(10(3)4)16-13(15)7-11/h6-7,9-10H,8H2,1-5H3. The molecule has 0 aromatic carbocycles. The van der Waals surface area contributed by atoms with Gasteiger partial charge in [-0.1, -0.05) is 39.3 Å². The zero-order valence-electron chi connectivity index (χ0n) is 11.7. The summed E-state index contributed by atoms with van der Waals surface area (Å²) >= 11 is 5.97. The predicted molar refractivity (Wildman–Crippen MR) is 75.1 cm³/mol. The predicted octanol–water partition coefficient (Wildman–Crippen LogP) is 3.59. The second-order valence-corrected chi connectivity index (χ2v) is 5.72. The van der Waals surface area contributed by atoms with Crippen LogP contribution >= 0.6 is 11.6 Å². The molecule has 0 unspecified atom stereocenters. The molecule has 100 valence electrons. The fourth-order valence-electron chi connectivity index (χ4n) is 1.79. The van der Waals surface area contributed by atoms with Crippen molar-refractivity contribution in [2.45, 2.75) is 33.6 Å². The zero-order valence-corrected chi connectivity index (χ0v) is 12.5. The Morgan fingerprint density at radius 1 is 1.33 bits per heavy atom. The number of carbonyl (C=O) groups is 1. The van der Waals surface area contributed by atoms with Crippen LogP contribution in [-0.4, -0.2) is 29.4 Å². The molecule has 3 nitrogen and oxygen atoms in total. The molecular formula is C14H21ClN2O. The molecular weight excluding hydrogens is 248 g/mol. The lowest BCUT2D eigenvalue weighted by molar-refractivity contribution is 0.0779. The lowest BCUT2D eigenvalue weighted by Crippen LogP contribution is -2.30. The summed E-state index contributed by atoms with van der Waals surface area (Å²) in [6.45, 7) is 8.97. The van der Waals surface area contributed by atoms with Crippen LogP contribution < -0.4 is 0 Å². The van der Waals surface area contributed by atoms with Crippen LogP contribution in [0.25, 0.3) is 0 Å². The van der Waals surface area contributed by atoms with E-state index in [1.807, 2.05) is 27.0 Å². The molecule has 18 heavy (non-hydrogen) atoms. The summed E-state index contributed by atoms with van der Waals surface area (Å²) in [4.78, 5) is 18.2. The minimum absolute atomic E-state index is 0.00472. The summed E-state index contributed by atoms with van der Waals surface area (Å²) in [5.74, 6) is 0.696. The number of pyridine rings is 1. The Bertz CT molecular complexity index is 430. The maximum absolute atomic E-state index is 12.2. The van der Waals surface area contributed by atoms with E-state index in [0.29, 0.717) is 16.6 Å². The Labute approximate surface area is 114 Å². The van der Waals surface area contributed by atoms with Gasteiger partial charge >= 0.3 is 0 Å². The molecule has 1 rings (SSSR count). The smallest absolute Gasteiger partial charge is 0.253 e. The number of hydrogen-bond donors (Lipinski definition) is 0. The highest BCUT2D eigenvalue weighted by atomic mass is 35.5. The number of hydrogen-bond acceptors (Lipinski definition) is 2. The molecule has 1 aromatic heterocycles. The van der Waals surface area contributed by atoms with Crippen LogP contribution in [0.3, 0.4) is 0 Å². The van der Waals surface area contributed by atoms with Gasteiger partial charge in [-0.05, 0) is 24.0 Å². The SMILES string of the molecule is CC(C)CN(C)C(=O)c1cc(Cl)nc(C(C)C)c1. The number of aromatic nitrogens is 1. The lowest BCUT2D eigenvalue weighted by atomic mass is 10.1. The van der Waals surface area contributed by atoms with Crippen molar-refractivity contribution < 1.29 is 4.79 Å². The van der Waals surface area contributed by atoms with E-state index in [-0.39, 0.29) is 11.8 Å². The molecule has 0 spiro atoms. The van der Waals surface area contributed by atoms with Gasteiger partial charge in [0.25, 0.3) is 5.91 Å². The van der Waals surface area contributed by atoms with Crippen LogP contribution in [0, 0.1) is 5.92 Å². The number of carbonyl (C=O) groups excluding carboxylic acids is 1. The van der Waals surface area contributed by atoms with Crippen LogP contribution in [0.15, 0.2) is 12.1 Å². The zero-order chi connectivity index (χ0) is 13.9. The Morgan fingerprint density at radius 2 is 1.94 bits per heavy atom. The molecule has 0 bridgehead atoms. The molecule has 0 saturated heterocycles. The molecule has 0 N–H and O–H groups in total. The molecule has 0 fully saturated rings. The first-order valence-electron chi connectivity index (χ1n) is 6.24. The summed E-state index contributed by atoms with van der Waals surface area (Å²) in [5.41, 5.74) is 1.46. The quantitative estimate of drug-likeness (QED) is 0.782. The molecule has 0 aliphatic heterocycles. The molecule has 0 atom stereocenters. The van der Waals surface area contributed by atoms with Crippen LogP contribution in [-0.2, 0) is 0 Å². The molecule has 0 radical (unpaired) electrons. The van der Waals surface area contributed by atoms with E-state index in [1.165, 1.54) is 0 Å². The number of halogens is 1. The minimum Gasteiger partial charge on any atom is -0.341 e. The van der Waals surface area contributed by atoms with Crippen molar-refractivity contribution in [1.29, 1.82) is 0 Å². The Hall–Kier alpha value is -1.09. The largest absolute Gasteiger partial charge is 0.341 e. The second-order valence-electron chi connectivity index (χ2n) is 5.34. The first-order valence-corrected chi connectivity index (χ1v) is 6.62. The minimum atomic E-state index is -0.00472. The molecule has 0 aliphatic rings. The maximum Gasteiger partial charge on any atom is 0.253 e. The van der Waals surface area contributed by atoms with Crippen LogP contribution in [0.5, 0.6) is 0 Å². The third kappa shape index (κ3) is 3.98. The van der Waals surface area contributed by atoms with Gasteiger partial charge in [0, 0.05) is 24.8 Å². The molecule has 4 heteroatoms. The Balaban J connectivity index is 2.98. The van der Waals surface area contributed by atoms with Crippen molar-refractivity contribution >= 4 is 17.5 Å². The topological polar surface area (TPSA) is 33.2 Å². The third-order valence-corrected chi connectivity index (χ3v) is 2.83. The normalized spacial score (nSPS) is 11.1. The van der Waals surface area contributed by atoms with E-state index < -0.39 is 0 Å². The molecule has 0 saturated carbocycles. The van der Waals surface area contributed by atoms with Gasteiger partial charge in [0.15, 0.2) is 0 Å². The average molecular weight is 269 g/mol. The maximum atomic E-state index is 12.2. The Kier molecular flexibility index (Phi) is 5.15. The van der Waals surface area contributed by atoms with Crippen molar-refractivity contribution in [3.8, 4) is 0 Å². The van der Waals surface area contributed by atoms with Gasteiger partial charge in [-0.2, -0.15) is 0 Å². The van der Waals surface area contributed by atoms with Crippen molar-refractivity contribution in [2.75, 3.05) is 13.6 Å². The molecule has 1 heterocycles. The van der Waals surface area contributed by atoms with Gasteiger partial charge in [-0.25, -0.2) is 4.98 Å². The summed E-state index contributed by atoms with van der Waals surface area (Å²) in [6.07, 6.45) is 0. The van der Waals surface area contributed by atoms with Crippen molar-refractivity contribution in [1.82, 2.24) is 9.88 Å². The fourth-order valence-corrected chi connectivity index (χ4v) is 2.00. The van der Waals surface area contributed by atoms with Crippen LogP contribution in [0.4, 0.5) is 0 Å². The summed E-state index contributed by atoms with van der Waals surface area (Å²) < 4.78 is 0. The van der Waals surface area contributed by atoms with Gasteiger partial charge in [0.1, 0.15) is 5.15 Å². The number of rotatable bonds is 4. The first kappa shape index (κ1) is 15.0. The average Bonchev–Trinajstić information content (AvgIpc) is 2.26. The van der Waals surface area contributed by atoms with Gasteiger partial charge < -0.3 is 4.90 Å². The van der Waals surface area contributed by atoms with Crippen molar-refractivity contribution in [3.63, 3.8) is 0 Å². The van der Waals surface area contributed by atoms with Crippen LogP contribution in [0.1, 0.15) is 49.7 Å². The van der Waals surface area contributed by atoms with E-state index in [0.717, 1.165) is 12.2 Å². The van der Waals surface area contributed by atoms with E-state index in [4.69, 9.17) is 11.6 Å². The van der Waals surface area contributed by atoms with E-state index in [1.54, 1.807) is 11.0 Å². The van der Waals surface area contributed by atoms with Crippen molar-refractivity contribution in [2.24, 2.45) is 5.92 Å². The monoisotopic (exact) mass is 268 g/mol. The molecule has 1 aromatic rings. The Morgan fingerprint density at radius 3 is 2.44 bits per heavy atom. The van der Waals surface area contributed by atoms with Gasteiger partial charge in [-0.15, -0.1) is 0 Å². The lowest BCUT2D eigenvalue weighted by Gasteiger charge is -2.20. The first-order chi connectivity index (χ1) is 8.31. The number of amides is 1. The highest BCUT2D eigenvalue weighted by Crippen LogP contribution is 2.18.